The first-order valence-corrected chi connectivity index (χ1v) is 9.78. The minimum Gasteiger partial charge on any atom is -0.345 e. The lowest BCUT2D eigenvalue weighted by Gasteiger charge is -2.22. The average molecular weight is 396 g/mol. The molecular formula is C19H20N6O2S. The van der Waals surface area contributed by atoms with Gasteiger partial charge in [-0.15, -0.1) is 0 Å². The lowest BCUT2D eigenvalue weighted by Crippen LogP contribution is -2.44. The van der Waals surface area contributed by atoms with Crippen molar-refractivity contribution in [2.75, 3.05) is 5.32 Å². The smallest absolute Gasteiger partial charge is 0.313 e. The highest BCUT2D eigenvalue weighted by atomic mass is 32.2. The molecule has 1 unspecified atom stereocenters. The van der Waals surface area contributed by atoms with Gasteiger partial charge in [0.25, 0.3) is 0 Å². The van der Waals surface area contributed by atoms with E-state index in [0.29, 0.717) is 12.1 Å². The van der Waals surface area contributed by atoms with E-state index < -0.39 is 11.8 Å². The van der Waals surface area contributed by atoms with Gasteiger partial charge in [0.05, 0.1) is 6.20 Å². The lowest BCUT2D eigenvalue weighted by molar-refractivity contribution is -0.136. The number of aryl methyl sites for hydroxylation is 2. The Balaban J connectivity index is 1.30. The maximum Gasteiger partial charge on any atom is 0.313 e. The summed E-state index contributed by atoms with van der Waals surface area (Å²) in [5, 5.41) is 13.3. The van der Waals surface area contributed by atoms with Crippen LogP contribution in [0.3, 0.4) is 0 Å². The fraction of sp³-hybridized carbons (Fsp3) is 0.263. The van der Waals surface area contributed by atoms with Crippen molar-refractivity contribution in [2.45, 2.75) is 35.4 Å². The molecule has 1 aromatic carbocycles. The van der Waals surface area contributed by atoms with Crippen LogP contribution in [0.1, 0.15) is 17.7 Å². The zero-order valence-electron chi connectivity index (χ0n) is 15.3. The number of amides is 2. The molecule has 4 rings (SSSR count). The number of aromatic nitrogens is 4. The predicted molar refractivity (Wildman–Crippen MR) is 105 cm³/mol. The first-order valence-electron chi connectivity index (χ1n) is 8.96. The van der Waals surface area contributed by atoms with E-state index in [1.165, 1.54) is 17.3 Å². The quantitative estimate of drug-likeness (QED) is 0.585. The minimum absolute atomic E-state index is 0.0669. The van der Waals surface area contributed by atoms with Crippen molar-refractivity contribution >= 4 is 29.3 Å². The number of carbonyl (C=O) groups excluding carboxylic acids is 2. The Morgan fingerprint density at radius 1 is 1.25 bits per heavy atom. The van der Waals surface area contributed by atoms with Crippen LogP contribution in [0.5, 0.6) is 0 Å². The molecule has 1 aliphatic carbocycles. The number of benzene rings is 1. The minimum atomic E-state index is -0.667. The monoisotopic (exact) mass is 396 g/mol. The van der Waals surface area contributed by atoms with Crippen molar-refractivity contribution in [1.82, 2.24) is 25.1 Å². The van der Waals surface area contributed by atoms with Crippen LogP contribution in [-0.4, -0.2) is 37.6 Å². The molecule has 28 heavy (non-hydrogen) atoms. The van der Waals surface area contributed by atoms with Crippen molar-refractivity contribution in [2.24, 2.45) is 7.05 Å². The summed E-state index contributed by atoms with van der Waals surface area (Å²) >= 11 is 1.53. The average Bonchev–Trinajstić information content (AvgIpc) is 3.32. The van der Waals surface area contributed by atoms with Gasteiger partial charge in [0.2, 0.25) is 0 Å². The van der Waals surface area contributed by atoms with E-state index in [-0.39, 0.29) is 6.04 Å². The molecule has 0 radical (unpaired) electrons. The Labute approximate surface area is 166 Å². The van der Waals surface area contributed by atoms with Gasteiger partial charge in [-0.25, -0.2) is 4.98 Å². The van der Waals surface area contributed by atoms with Crippen molar-refractivity contribution in [1.29, 1.82) is 0 Å². The molecule has 0 spiro atoms. The highest BCUT2D eigenvalue weighted by molar-refractivity contribution is 7.99. The molecule has 0 bridgehead atoms. The summed E-state index contributed by atoms with van der Waals surface area (Å²) in [6, 6.07) is 7.24. The Morgan fingerprint density at radius 2 is 2.07 bits per heavy atom. The fourth-order valence-corrected chi connectivity index (χ4v) is 3.93. The number of imidazole rings is 1. The molecule has 2 heterocycles. The van der Waals surface area contributed by atoms with Crippen molar-refractivity contribution in [3.63, 3.8) is 0 Å². The second-order valence-corrected chi connectivity index (χ2v) is 7.73. The summed E-state index contributed by atoms with van der Waals surface area (Å²) in [6.45, 7) is 0. The number of anilines is 1. The van der Waals surface area contributed by atoms with E-state index in [1.54, 1.807) is 18.3 Å². The number of H-pyrrole nitrogens is 1. The number of nitrogens with one attached hydrogen (secondary N) is 3. The Kier molecular flexibility index (Phi) is 5.16. The van der Waals surface area contributed by atoms with Gasteiger partial charge in [0.1, 0.15) is 0 Å². The first-order chi connectivity index (χ1) is 13.6. The maximum absolute atomic E-state index is 12.2. The van der Waals surface area contributed by atoms with Crippen molar-refractivity contribution in [3.05, 3.63) is 54.1 Å². The molecule has 0 saturated carbocycles. The van der Waals surface area contributed by atoms with Crippen LogP contribution in [0.15, 0.2) is 52.9 Å². The Bertz CT molecular complexity index is 994. The predicted octanol–water partition coefficient (Wildman–Crippen LogP) is 1.91. The summed E-state index contributed by atoms with van der Waals surface area (Å²) in [6.07, 6.45) is 7.74. The molecular weight excluding hydrogens is 376 g/mol. The third-order valence-corrected chi connectivity index (χ3v) is 5.74. The Hall–Kier alpha value is -3.07. The van der Waals surface area contributed by atoms with Crippen LogP contribution < -0.4 is 10.6 Å². The van der Waals surface area contributed by atoms with Gasteiger partial charge in [0.15, 0.2) is 5.16 Å². The van der Waals surface area contributed by atoms with Crippen LogP contribution in [0.25, 0.3) is 0 Å². The number of nitrogens with zero attached hydrogens (tertiary/aromatic N) is 3. The number of carbonyl (C=O) groups is 2. The molecule has 1 atom stereocenters. The highest BCUT2D eigenvalue weighted by Crippen LogP contribution is 2.26. The summed E-state index contributed by atoms with van der Waals surface area (Å²) in [5.41, 5.74) is 2.78. The summed E-state index contributed by atoms with van der Waals surface area (Å²) in [5.74, 6) is -1.29. The third-order valence-electron chi connectivity index (χ3n) is 4.66. The van der Waals surface area contributed by atoms with E-state index >= 15 is 0 Å². The molecule has 0 fully saturated rings. The molecule has 2 amide bonds. The van der Waals surface area contributed by atoms with E-state index in [2.05, 4.69) is 25.8 Å². The molecule has 0 saturated heterocycles. The van der Waals surface area contributed by atoms with Crippen LogP contribution in [0, 0.1) is 0 Å². The van der Waals surface area contributed by atoms with Crippen molar-refractivity contribution in [3.8, 4) is 0 Å². The van der Waals surface area contributed by atoms with E-state index in [0.717, 1.165) is 28.6 Å². The van der Waals surface area contributed by atoms with Crippen LogP contribution >= 0.6 is 11.8 Å². The number of rotatable bonds is 4. The molecule has 3 N–H and O–H groups in total. The first kappa shape index (κ1) is 18.3. The summed E-state index contributed by atoms with van der Waals surface area (Å²) < 4.78 is 1.93. The van der Waals surface area contributed by atoms with Gasteiger partial charge in [-0.05, 0) is 42.7 Å². The van der Waals surface area contributed by atoms with E-state index in [9.17, 15) is 9.59 Å². The molecule has 1 aliphatic rings. The van der Waals surface area contributed by atoms with Gasteiger partial charge >= 0.3 is 11.8 Å². The van der Waals surface area contributed by atoms with Gasteiger partial charge in [-0.2, -0.15) is 5.10 Å². The number of hydrogen-bond donors (Lipinski definition) is 3. The van der Waals surface area contributed by atoms with Crippen LogP contribution in [0.4, 0.5) is 5.69 Å². The molecule has 144 valence electrons. The Morgan fingerprint density at radius 3 is 2.82 bits per heavy atom. The number of fused-ring (bicyclic) bond motifs is 1. The van der Waals surface area contributed by atoms with Crippen LogP contribution in [0.2, 0.25) is 0 Å². The molecule has 8 nitrogen and oxygen atoms in total. The zero-order valence-corrected chi connectivity index (χ0v) is 16.1. The highest BCUT2D eigenvalue weighted by Gasteiger charge is 2.24. The van der Waals surface area contributed by atoms with Crippen LogP contribution in [-0.2, 0) is 29.5 Å². The second kappa shape index (κ2) is 7.89. The standard InChI is InChI=1S/C19H20N6O2S/c1-25-9-8-20-19(25)28-15-6-4-13(5-7-15)22-17(26)18(27)23-14-3-2-12-11-21-24-16(12)10-14/h4-9,11,14H,2-3,10H2,1H3,(H,21,24)(H,22,26)(H,23,27). The van der Waals surface area contributed by atoms with Gasteiger partial charge in [0, 0.05) is 48.2 Å². The van der Waals surface area contributed by atoms with Crippen molar-refractivity contribution < 1.29 is 9.59 Å². The number of aromatic amines is 1. The maximum atomic E-state index is 12.2. The van der Waals surface area contributed by atoms with E-state index in [4.69, 9.17) is 0 Å². The summed E-state index contributed by atoms with van der Waals surface area (Å²) in [4.78, 5) is 29.7. The van der Waals surface area contributed by atoms with Gasteiger partial charge < -0.3 is 15.2 Å². The zero-order chi connectivity index (χ0) is 19.5. The largest absolute Gasteiger partial charge is 0.345 e. The lowest BCUT2D eigenvalue weighted by atomic mass is 9.94. The second-order valence-electron chi connectivity index (χ2n) is 6.69. The number of hydrogen-bond acceptors (Lipinski definition) is 5. The topological polar surface area (TPSA) is 105 Å². The SMILES string of the molecule is Cn1ccnc1Sc1ccc(NC(=O)C(=O)NC2CCc3cn[nH]c3C2)cc1. The molecule has 9 heteroatoms. The fourth-order valence-electron chi connectivity index (χ4n) is 3.13. The normalized spacial score (nSPS) is 15.7. The van der Waals surface area contributed by atoms with Gasteiger partial charge in [-0.1, -0.05) is 11.8 Å². The molecule has 3 aromatic rings. The van der Waals surface area contributed by atoms with E-state index in [1.807, 2.05) is 36.1 Å². The molecule has 2 aromatic heterocycles. The third kappa shape index (κ3) is 4.09. The summed E-state index contributed by atoms with van der Waals surface area (Å²) in [7, 11) is 1.93. The van der Waals surface area contributed by atoms with Gasteiger partial charge in [-0.3, -0.25) is 14.7 Å². The molecule has 0 aliphatic heterocycles.